The highest BCUT2D eigenvalue weighted by Crippen LogP contribution is 2.33. The van der Waals surface area contributed by atoms with Crippen molar-refractivity contribution in [1.29, 1.82) is 0 Å². The Morgan fingerprint density at radius 2 is 2.05 bits per heavy atom. The second-order valence-corrected chi connectivity index (χ2v) is 5.23. The van der Waals surface area contributed by atoms with Gasteiger partial charge in [0.15, 0.2) is 0 Å². The highest BCUT2D eigenvalue weighted by molar-refractivity contribution is 5.93. The zero-order valence-corrected chi connectivity index (χ0v) is 12.0. The molecule has 2 nitrogen and oxygen atoms in total. The average molecular weight is 260 g/mol. The first kappa shape index (κ1) is 13.8. The Morgan fingerprint density at radius 1 is 1.32 bits per heavy atom. The molecule has 1 aromatic heterocycles. The van der Waals surface area contributed by atoms with Crippen LogP contribution in [0.4, 0.5) is 10.1 Å². The average Bonchev–Trinajstić information content (AvgIpc) is 2.35. The fourth-order valence-electron chi connectivity index (χ4n) is 2.52. The maximum Gasteiger partial charge on any atom is 0.124 e. The van der Waals surface area contributed by atoms with Gasteiger partial charge in [0.1, 0.15) is 5.82 Å². The summed E-state index contributed by atoms with van der Waals surface area (Å²) in [4.78, 5) is 4.60. The molecule has 0 aliphatic carbocycles. The first-order valence-corrected chi connectivity index (χ1v) is 6.88. The number of hydrogen-bond donors (Lipinski definition) is 1. The second-order valence-electron chi connectivity index (χ2n) is 5.23. The van der Waals surface area contributed by atoms with Gasteiger partial charge < -0.3 is 5.32 Å². The van der Waals surface area contributed by atoms with Crippen LogP contribution >= 0.6 is 0 Å². The number of nitrogens with one attached hydrogen (secondary N) is 1. The number of fused-ring (bicyclic) bond motifs is 1. The van der Waals surface area contributed by atoms with E-state index in [-0.39, 0.29) is 5.82 Å². The largest absolute Gasteiger partial charge is 0.384 e. The summed E-state index contributed by atoms with van der Waals surface area (Å²) in [5, 5.41) is 4.33. The maximum atomic E-state index is 13.5. The third-order valence-corrected chi connectivity index (χ3v) is 3.30. The lowest BCUT2D eigenvalue weighted by molar-refractivity contribution is 0.629. The highest BCUT2D eigenvalue weighted by Gasteiger charge is 2.15. The van der Waals surface area contributed by atoms with E-state index in [2.05, 4.69) is 31.1 Å². The van der Waals surface area contributed by atoms with Gasteiger partial charge in [-0.2, -0.15) is 0 Å². The van der Waals surface area contributed by atoms with E-state index in [1.54, 1.807) is 12.1 Å². The molecule has 0 radical (unpaired) electrons. The second kappa shape index (κ2) is 5.55. The number of rotatable bonds is 4. The number of nitrogens with zero attached hydrogens (tertiary/aromatic N) is 1. The summed E-state index contributed by atoms with van der Waals surface area (Å²) in [7, 11) is 0. The molecule has 19 heavy (non-hydrogen) atoms. The lowest BCUT2D eigenvalue weighted by Crippen LogP contribution is -2.08. The van der Waals surface area contributed by atoms with E-state index in [9.17, 15) is 4.39 Å². The third kappa shape index (κ3) is 2.70. The van der Waals surface area contributed by atoms with Crippen LogP contribution in [0.15, 0.2) is 18.2 Å². The minimum absolute atomic E-state index is 0.215. The minimum atomic E-state index is -0.215. The molecule has 0 fully saturated rings. The van der Waals surface area contributed by atoms with Crippen LogP contribution in [-0.2, 0) is 0 Å². The molecule has 0 bridgehead atoms. The number of aromatic nitrogens is 1. The first-order valence-electron chi connectivity index (χ1n) is 6.88. The summed E-state index contributed by atoms with van der Waals surface area (Å²) in [5.74, 6) is 0.145. The number of halogens is 1. The van der Waals surface area contributed by atoms with Crippen LogP contribution in [0, 0.1) is 12.7 Å². The molecule has 0 spiro atoms. The Labute approximate surface area is 114 Å². The Bertz CT molecular complexity index is 591. The predicted octanol–water partition coefficient (Wildman–Crippen LogP) is 4.63. The molecule has 1 heterocycles. The third-order valence-electron chi connectivity index (χ3n) is 3.30. The van der Waals surface area contributed by atoms with Crippen molar-refractivity contribution in [3.8, 4) is 0 Å². The van der Waals surface area contributed by atoms with Gasteiger partial charge in [0, 0.05) is 23.3 Å². The smallest absolute Gasteiger partial charge is 0.124 e. The maximum absolute atomic E-state index is 13.5. The monoisotopic (exact) mass is 260 g/mol. The van der Waals surface area contributed by atoms with Gasteiger partial charge in [0.05, 0.1) is 5.52 Å². The van der Waals surface area contributed by atoms with E-state index in [1.165, 1.54) is 11.6 Å². The molecule has 0 unspecified atom stereocenters. The highest BCUT2D eigenvalue weighted by atomic mass is 19.1. The van der Waals surface area contributed by atoms with Crippen LogP contribution in [0.25, 0.3) is 10.9 Å². The van der Waals surface area contributed by atoms with Crippen molar-refractivity contribution in [2.45, 2.75) is 40.0 Å². The summed E-state index contributed by atoms with van der Waals surface area (Å²) < 4.78 is 13.5. The Kier molecular flexibility index (Phi) is 4.03. The summed E-state index contributed by atoms with van der Waals surface area (Å²) in [6.45, 7) is 9.32. The molecule has 1 aromatic carbocycles. The van der Waals surface area contributed by atoms with Crippen molar-refractivity contribution in [2.75, 3.05) is 11.9 Å². The molecular weight excluding hydrogens is 239 g/mol. The molecule has 0 aliphatic heterocycles. The zero-order chi connectivity index (χ0) is 14.0. The van der Waals surface area contributed by atoms with Crippen molar-refractivity contribution in [1.82, 2.24) is 4.98 Å². The summed E-state index contributed by atoms with van der Waals surface area (Å²) in [5.41, 5.74) is 4.10. The molecular formula is C16H21FN2. The number of benzene rings is 1. The number of anilines is 1. The lowest BCUT2D eigenvalue weighted by atomic mass is 9.96. The van der Waals surface area contributed by atoms with E-state index in [1.807, 2.05) is 6.92 Å². The van der Waals surface area contributed by atoms with Crippen LogP contribution in [0.3, 0.4) is 0 Å². The Balaban J connectivity index is 2.72. The van der Waals surface area contributed by atoms with E-state index < -0.39 is 0 Å². The van der Waals surface area contributed by atoms with Gasteiger partial charge in [-0.1, -0.05) is 20.8 Å². The van der Waals surface area contributed by atoms with Gasteiger partial charge in [0.2, 0.25) is 0 Å². The Hall–Kier alpha value is -1.64. The molecule has 1 N–H and O–H groups in total. The van der Waals surface area contributed by atoms with Gasteiger partial charge in [-0.25, -0.2) is 4.39 Å². The lowest BCUT2D eigenvalue weighted by Gasteiger charge is -2.19. The van der Waals surface area contributed by atoms with Gasteiger partial charge in [-0.3, -0.25) is 4.98 Å². The van der Waals surface area contributed by atoms with E-state index in [0.717, 1.165) is 35.2 Å². The predicted molar refractivity (Wildman–Crippen MR) is 79.3 cm³/mol. The van der Waals surface area contributed by atoms with Gasteiger partial charge in [-0.15, -0.1) is 0 Å². The van der Waals surface area contributed by atoms with Crippen LogP contribution in [-0.4, -0.2) is 11.5 Å². The molecule has 2 rings (SSSR count). The molecule has 2 aromatic rings. The number of aryl methyl sites for hydroxylation is 1. The van der Waals surface area contributed by atoms with Crippen LogP contribution in [0.5, 0.6) is 0 Å². The number of hydrogen-bond acceptors (Lipinski definition) is 2. The van der Waals surface area contributed by atoms with Crippen molar-refractivity contribution in [3.05, 3.63) is 35.3 Å². The molecule has 0 saturated carbocycles. The van der Waals surface area contributed by atoms with Gasteiger partial charge in [0.25, 0.3) is 0 Å². The fourth-order valence-corrected chi connectivity index (χ4v) is 2.52. The van der Waals surface area contributed by atoms with E-state index in [4.69, 9.17) is 0 Å². The van der Waals surface area contributed by atoms with Crippen molar-refractivity contribution in [3.63, 3.8) is 0 Å². The molecule has 0 atom stereocenters. The minimum Gasteiger partial charge on any atom is -0.384 e. The summed E-state index contributed by atoms with van der Waals surface area (Å²) in [6, 6.07) is 4.79. The molecule has 102 valence electrons. The van der Waals surface area contributed by atoms with Crippen molar-refractivity contribution in [2.24, 2.45) is 0 Å². The number of pyridine rings is 1. The van der Waals surface area contributed by atoms with Crippen molar-refractivity contribution < 1.29 is 4.39 Å². The molecule has 3 heteroatoms. The molecule has 0 saturated heterocycles. The summed E-state index contributed by atoms with van der Waals surface area (Å²) in [6.07, 6.45) is 1.04. The first-order chi connectivity index (χ1) is 9.04. The van der Waals surface area contributed by atoms with Gasteiger partial charge >= 0.3 is 0 Å². The van der Waals surface area contributed by atoms with Crippen molar-refractivity contribution >= 4 is 16.6 Å². The van der Waals surface area contributed by atoms with E-state index in [0.29, 0.717) is 5.92 Å². The quantitative estimate of drug-likeness (QED) is 0.867. The van der Waals surface area contributed by atoms with Crippen LogP contribution < -0.4 is 5.32 Å². The standard InChI is InChI=1S/C16H21FN2/c1-5-8-18-16-13-9-12(17)6-7-14(13)19-11(4)15(16)10(2)3/h6-7,9-10H,5,8H2,1-4H3,(H,18,19). The normalized spacial score (nSPS) is 11.3. The van der Waals surface area contributed by atoms with Crippen LogP contribution in [0.2, 0.25) is 0 Å². The SMILES string of the molecule is CCCNc1c(C(C)C)c(C)nc2ccc(F)cc12. The fraction of sp³-hybridized carbons (Fsp3) is 0.438. The molecule has 0 amide bonds. The van der Waals surface area contributed by atoms with Gasteiger partial charge in [-0.05, 0) is 43.0 Å². The zero-order valence-electron chi connectivity index (χ0n) is 12.0. The van der Waals surface area contributed by atoms with E-state index >= 15 is 0 Å². The molecule has 0 aliphatic rings. The summed E-state index contributed by atoms with van der Waals surface area (Å²) >= 11 is 0. The Morgan fingerprint density at radius 3 is 2.68 bits per heavy atom. The topological polar surface area (TPSA) is 24.9 Å². The van der Waals surface area contributed by atoms with Crippen LogP contribution in [0.1, 0.15) is 44.4 Å².